The lowest BCUT2D eigenvalue weighted by Crippen LogP contribution is -2.27. The lowest BCUT2D eigenvalue weighted by atomic mass is 10.0. The topological polar surface area (TPSA) is 65.9 Å². The number of halogens is 1. The number of thiazole rings is 1. The van der Waals surface area contributed by atoms with Crippen LogP contribution in [-0.2, 0) is 10.0 Å². The van der Waals surface area contributed by atoms with Gasteiger partial charge in [-0.2, -0.15) is 9.41 Å². The van der Waals surface area contributed by atoms with E-state index in [4.69, 9.17) is 10.1 Å². The van der Waals surface area contributed by atoms with Crippen LogP contribution in [0.1, 0.15) is 35.7 Å². The average Bonchev–Trinajstić information content (AvgIpc) is 3.70. The van der Waals surface area contributed by atoms with Gasteiger partial charge in [-0.25, -0.2) is 22.8 Å². The molecule has 36 heavy (non-hydrogen) atoms. The van der Waals surface area contributed by atoms with E-state index in [-0.39, 0.29) is 11.9 Å². The highest BCUT2D eigenvalue weighted by Crippen LogP contribution is 2.40. The second kappa shape index (κ2) is 9.51. The molecule has 10 heteroatoms. The van der Waals surface area contributed by atoms with Gasteiger partial charge in [-0.1, -0.05) is 30.3 Å². The number of hydrazone groups is 1. The summed E-state index contributed by atoms with van der Waals surface area (Å²) >= 11 is 3.13. The van der Waals surface area contributed by atoms with Crippen LogP contribution in [0.3, 0.4) is 0 Å². The normalized spacial score (nSPS) is 18.6. The minimum absolute atomic E-state index is 0.0883. The zero-order valence-corrected chi connectivity index (χ0v) is 21.7. The highest BCUT2D eigenvalue weighted by Gasteiger charge is 2.32. The minimum atomic E-state index is -3.45. The molecule has 0 amide bonds. The van der Waals surface area contributed by atoms with Crippen LogP contribution in [0.4, 0.5) is 9.52 Å². The first-order valence-corrected chi connectivity index (χ1v) is 14.9. The molecule has 1 saturated heterocycles. The molecule has 6 nitrogen and oxygen atoms in total. The highest BCUT2D eigenvalue weighted by atomic mass is 32.2. The van der Waals surface area contributed by atoms with Crippen molar-refractivity contribution in [2.24, 2.45) is 5.10 Å². The standard InChI is InChI=1S/C26H23FN4O2S3/c27-20-9-5-19(6-10-20)24-16-22(25-4-3-15-34-25)29-31(24)26-28-23(17-35-26)18-7-11-21(12-8-18)36(32,33)30-13-1-2-14-30/h3-12,15,17,24H,1-2,13-14,16H2/t24-/m0/s1. The molecular weight excluding hydrogens is 516 g/mol. The molecule has 2 aliphatic rings. The lowest BCUT2D eigenvalue weighted by Gasteiger charge is -2.21. The highest BCUT2D eigenvalue weighted by molar-refractivity contribution is 7.89. The van der Waals surface area contributed by atoms with Gasteiger partial charge < -0.3 is 0 Å². The van der Waals surface area contributed by atoms with E-state index in [0.29, 0.717) is 24.4 Å². The van der Waals surface area contributed by atoms with Gasteiger partial charge in [0.2, 0.25) is 15.2 Å². The number of anilines is 1. The maximum Gasteiger partial charge on any atom is 0.243 e. The molecule has 1 fully saturated rings. The molecule has 0 N–H and O–H groups in total. The van der Waals surface area contributed by atoms with Gasteiger partial charge in [0.15, 0.2) is 0 Å². The Kier molecular flexibility index (Phi) is 6.20. The van der Waals surface area contributed by atoms with Crippen molar-refractivity contribution in [1.82, 2.24) is 9.29 Å². The maximum absolute atomic E-state index is 13.6. The molecule has 1 atom stereocenters. The molecule has 0 aliphatic carbocycles. The molecule has 0 spiro atoms. The van der Waals surface area contributed by atoms with Crippen molar-refractivity contribution < 1.29 is 12.8 Å². The zero-order valence-electron chi connectivity index (χ0n) is 19.2. The molecule has 2 aromatic heterocycles. The summed E-state index contributed by atoms with van der Waals surface area (Å²) in [5.74, 6) is -0.269. The Labute approximate surface area is 217 Å². The van der Waals surface area contributed by atoms with Crippen molar-refractivity contribution in [3.05, 3.63) is 87.7 Å². The Balaban J connectivity index is 1.29. The zero-order chi connectivity index (χ0) is 24.7. The first-order chi connectivity index (χ1) is 17.5. The van der Waals surface area contributed by atoms with E-state index in [1.807, 2.05) is 34.0 Å². The lowest BCUT2D eigenvalue weighted by molar-refractivity contribution is 0.477. The van der Waals surface area contributed by atoms with Gasteiger partial charge in [-0.15, -0.1) is 22.7 Å². The van der Waals surface area contributed by atoms with Gasteiger partial charge in [-0.3, -0.25) is 0 Å². The Hall–Kier alpha value is -2.92. The fraction of sp³-hybridized carbons (Fsp3) is 0.231. The molecule has 0 radical (unpaired) electrons. The van der Waals surface area contributed by atoms with Crippen molar-refractivity contribution in [2.75, 3.05) is 18.1 Å². The number of nitrogens with zero attached hydrogens (tertiary/aromatic N) is 4. The van der Waals surface area contributed by atoms with Crippen LogP contribution in [0.25, 0.3) is 11.3 Å². The SMILES string of the molecule is O=S(=O)(c1ccc(-c2csc(N3N=C(c4cccs4)C[C@H]3c3ccc(F)cc3)n2)cc1)N1CCCC1. The number of rotatable bonds is 6. The molecule has 4 heterocycles. The summed E-state index contributed by atoms with van der Waals surface area (Å²) in [5.41, 5.74) is 3.56. The monoisotopic (exact) mass is 538 g/mol. The number of hydrogen-bond acceptors (Lipinski definition) is 7. The summed E-state index contributed by atoms with van der Waals surface area (Å²) < 4.78 is 40.8. The summed E-state index contributed by atoms with van der Waals surface area (Å²) in [7, 11) is -3.45. The molecule has 6 rings (SSSR count). The van der Waals surface area contributed by atoms with Crippen molar-refractivity contribution in [3.63, 3.8) is 0 Å². The molecule has 0 bridgehead atoms. The first kappa shape index (κ1) is 23.5. The molecule has 184 valence electrons. The number of thiophene rings is 1. The minimum Gasteiger partial charge on any atom is -0.231 e. The second-order valence-electron chi connectivity index (χ2n) is 8.79. The van der Waals surface area contributed by atoms with Gasteiger partial charge >= 0.3 is 0 Å². The summed E-state index contributed by atoms with van der Waals surface area (Å²) in [6.07, 6.45) is 2.51. The Bertz CT molecular complexity index is 1490. The smallest absolute Gasteiger partial charge is 0.231 e. The van der Waals surface area contributed by atoms with E-state index in [1.54, 1.807) is 39.9 Å². The van der Waals surface area contributed by atoms with Gasteiger partial charge in [-0.05, 0) is 54.1 Å². The van der Waals surface area contributed by atoms with Crippen LogP contribution in [0.15, 0.2) is 81.4 Å². The van der Waals surface area contributed by atoms with Crippen LogP contribution >= 0.6 is 22.7 Å². The van der Waals surface area contributed by atoms with Crippen LogP contribution in [0, 0.1) is 5.82 Å². The summed E-state index contributed by atoms with van der Waals surface area (Å²) in [6, 6.07) is 17.5. The summed E-state index contributed by atoms with van der Waals surface area (Å²) in [5, 5.41) is 11.6. The fourth-order valence-corrected chi connectivity index (χ4v) is 7.67. The third kappa shape index (κ3) is 4.39. The van der Waals surface area contributed by atoms with E-state index in [0.717, 1.165) is 45.4 Å². The molecule has 4 aromatic rings. The second-order valence-corrected chi connectivity index (χ2v) is 12.5. The van der Waals surface area contributed by atoms with Crippen molar-refractivity contribution in [3.8, 4) is 11.3 Å². The Morgan fingerprint density at radius 1 is 0.944 bits per heavy atom. The van der Waals surface area contributed by atoms with Gasteiger partial charge in [0.1, 0.15) is 5.82 Å². The Morgan fingerprint density at radius 2 is 1.69 bits per heavy atom. The number of aromatic nitrogens is 1. The van der Waals surface area contributed by atoms with E-state index < -0.39 is 10.0 Å². The third-order valence-electron chi connectivity index (χ3n) is 6.51. The quantitative estimate of drug-likeness (QED) is 0.295. The van der Waals surface area contributed by atoms with Gasteiger partial charge in [0.05, 0.1) is 27.2 Å². The predicted octanol–water partition coefficient (Wildman–Crippen LogP) is 6.15. The first-order valence-electron chi connectivity index (χ1n) is 11.7. The molecule has 0 saturated carbocycles. The predicted molar refractivity (Wildman–Crippen MR) is 143 cm³/mol. The third-order valence-corrected chi connectivity index (χ3v) is 10.2. The van der Waals surface area contributed by atoms with Crippen LogP contribution < -0.4 is 5.01 Å². The van der Waals surface area contributed by atoms with Crippen LogP contribution in [-0.4, -0.2) is 36.5 Å². The van der Waals surface area contributed by atoms with Crippen LogP contribution in [0.2, 0.25) is 0 Å². The van der Waals surface area contributed by atoms with Crippen molar-refractivity contribution in [1.29, 1.82) is 0 Å². The van der Waals surface area contributed by atoms with Gasteiger partial charge in [0.25, 0.3) is 0 Å². The average molecular weight is 539 g/mol. The van der Waals surface area contributed by atoms with Crippen molar-refractivity contribution in [2.45, 2.75) is 30.2 Å². The van der Waals surface area contributed by atoms with E-state index >= 15 is 0 Å². The van der Waals surface area contributed by atoms with Gasteiger partial charge in [0, 0.05) is 30.5 Å². The number of sulfonamides is 1. The fourth-order valence-electron chi connectivity index (χ4n) is 4.60. The maximum atomic E-state index is 13.6. The Morgan fingerprint density at radius 3 is 2.39 bits per heavy atom. The van der Waals surface area contributed by atoms with Crippen LogP contribution in [0.5, 0.6) is 0 Å². The van der Waals surface area contributed by atoms with E-state index in [2.05, 4.69) is 6.07 Å². The molecule has 2 aliphatic heterocycles. The summed E-state index contributed by atoms with van der Waals surface area (Å²) in [4.78, 5) is 6.27. The molecule has 0 unspecified atom stereocenters. The number of benzene rings is 2. The number of hydrogen-bond donors (Lipinski definition) is 0. The van der Waals surface area contributed by atoms with Crippen molar-refractivity contribution >= 4 is 43.5 Å². The molecule has 2 aromatic carbocycles. The summed E-state index contributed by atoms with van der Waals surface area (Å²) in [6.45, 7) is 1.16. The largest absolute Gasteiger partial charge is 0.243 e. The molecular formula is C26H23FN4O2S3. The van der Waals surface area contributed by atoms with E-state index in [9.17, 15) is 12.8 Å². The van der Waals surface area contributed by atoms with E-state index in [1.165, 1.54) is 23.5 Å².